The molecule has 2 aromatic carbocycles. The van der Waals surface area contributed by atoms with Gasteiger partial charge in [0.05, 0.1) is 31.7 Å². The van der Waals surface area contributed by atoms with Crippen LogP contribution in [-0.4, -0.2) is 36.3 Å². The number of methoxy groups -OCH3 is 2. The number of halogens is 1. The molecular weight excluding hydrogens is 466 g/mol. The van der Waals surface area contributed by atoms with Gasteiger partial charge in [0.25, 0.3) is 5.56 Å². The maximum atomic E-state index is 13.3. The number of carbonyl (C=O) groups excluding carboxylic acids is 1. The number of benzene rings is 2. The molecule has 31 heavy (non-hydrogen) atoms. The van der Waals surface area contributed by atoms with E-state index in [0.717, 1.165) is 10.2 Å². The Kier molecular flexibility index (Phi) is 7.51. The molecule has 0 spiro atoms. The molecule has 0 saturated heterocycles. The standard InChI is InChI=1S/C22H24BrN3O5/c1-4-31-20(27)6-5-11-26-21(28)16-12-18(29-2)19(30-3)13-17(16)25-22(26)24-15-9-7-14(23)8-10-15/h7-10,12-13H,4-6,11H2,1-3H3,(H,24,25). The van der Waals surface area contributed by atoms with Crippen LogP contribution in [0.4, 0.5) is 11.6 Å². The van der Waals surface area contributed by atoms with Crippen molar-refractivity contribution in [3.8, 4) is 11.5 Å². The average Bonchev–Trinajstić information content (AvgIpc) is 2.76. The van der Waals surface area contributed by atoms with Gasteiger partial charge >= 0.3 is 5.97 Å². The fourth-order valence-corrected chi connectivity index (χ4v) is 3.39. The third-order valence-electron chi connectivity index (χ3n) is 4.63. The van der Waals surface area contributed by atoms with Crippen LogP contribution in [0.15, 0.2) is 45.7 Å². The normalized spacial score (nSPS) is 10.7. The minimum absolute atomic E-state index is 0.210. The molecule has 3 rings (SSSR count). The van der Waals surface area contributed by atoms with Crippen LogP contribution in [0.3, 0.4) is 0 Å². The Balaban J connectivity index is 2.04. The smallest absolute Gasteiger partial charge is 0.305 e. The molecule has 0 radical (unpaired) electrons. The Morgan fingerprint density at radius 3 is 2.45 bits per heavy atom. The van der Waals surface area contributed by atoms with Crippen molar-refractivity contribution in [1.29, 1.82) is 0 Å². The number of anilines is 2. The van der Waals surface area contributed by atoms with Gasteiger partial charge in [-0.05, 0) is 43.7 Å². The lowest BCUT2D eigenvalue weighted by Gasteiger charge is -2.16. The number of esters is 1. The Labute approximate surface area is 188 Å². The summed E-state index contributed by atoms with van der Waals surface area (Å²) in [6, 6.07) is 10.8. The summed E-state index contributed by atoms with van der Waals surface area (Å²) in [5.41, 5.74) is 1.01. The lowest BCUT2D eigenvalue weighted by molar-refractivity contribution is -0.143. The van der Waals surface area contributed by atoms with Crippen molar-refractivity contribution >= 4 is 44.4 Å². The van der Waals surface area contributed by atoms with Crippen molar-refractivity contribution in [2.75, 3.05) is 26.1 Å². The maximum Gasteiger partial charge on any atom is 0.305 e. The average molecular weight is 490 g/mol. The number of rotatable bonds is 9. The van der Waals surface area contributed by atoms with E-state index in [4.69, 9.17) is 14.2 Å². The molecule has 0 fully saturated rings. The quantitative estimate of drug-likeness (QED) is 0.448. The molecule has 0 aliphatic heterocycles. The molecule has 0 atom stereocenters. The minimum atomic E-state index is -0.293. The van der Waals surface area contributed by atoms with Crippen LogP contribution in [0.1, 0.15) is 19.8 Å². The Hall–Kier alpha value is -3.07. The van der Waals surface area contributed by atoms with Gasteiger partial charge in [0.1, 0.15) is 0 Å². The second-order valence-electron chi connectivity index (χ2n) is 6.66. The van der Waals surface area contributed by atoms with Gasteiger partial charge < -0.3 is 19.5 Å². The van der Waals surface area contributed by atoms with Crippen LogP contribution in [0.5, 0.6) is 11.5 Å². The van der Waals surface area contributed by atoms with Crippen LogP contribution in [0.2, 0.25) is 0 Å². The number of fused-ring (bicyclic) bond motifs is 1. The van der Waals surface area contributed by atoms with E-state index in [9.17, 15) is 9.59 Å². The highest BCUT2D eigenvalue weighted by molar-refractivity contribution is 9.10. The van der Waals surface area contributed by atoms with Crippen molar-refractivity contribution < 1.29 is 19.0 Å². The van der Waals surface area contributed by atoms with Crippen molar-refractivity contribution in [2.45, 2.75) is 26.3 Å². The second-order valence-corrected chi connectivity index (χ2v) is 7.57. The first-order valence-corrected chi connectivity index (χ1v) is 10.6. The van der Waals surface area contributed by atoms with E-state index in [1.165, 1.54) is 18.8 Å². The lowest BCUT2D eigenvalue weighted by Crippen LogP contribution is -2.25. The second kappa shape index (κ2) is 10.3. The van der Waals surface area contributed by atoms with E-state index in [-0.39, 0.29) is 17.9 Å². The third-order valence-corrected chi connectivity index (χ3v) is 5.16. The summed E-state index contributed by atoms with van der Waals surface area (Å²) < 4.78 is 18.1. The molecule has 0 saturated carbocycles. The zero-order valence-electron chi connectivity index (χ0n) is 17.6. The zero-order chi connectivity index (χ0) is 22.4. The number of hydrogen-bond donors (Lipinski definition) is 1. The molecule has 3 aromatic rings. The number of nitrogens with one attached hydrogen (secondary N) is 1. The number of hydrogen-bond acceptors (Lipinski definition) is 7. The lowest BCUT2D eigenvalue weighted by atomic mass is 10.2. The summed E-state index contributed by atoms with van der Waals surface area (Å²) in [5, 5.41) is 3.60. The van der Waals surface area contributed by atoms with Gasteiger partial charge in [0, 0.05) is 29.2 Å². The molecule has 0 aliphatic rings. The van der Waals surface area contributed by atoms with Gasteiger partial charge in [0.15, 0.2) is 11.5 Å². The molecule has 0 bridgehead atoms. The summed E-state index contributed by atoms with van der Waals surface area (Å²) in [5.74, 6) is 1.01. The molecule has 0 amide bonds. The zero-order valence-corrected chi connectivity index (χ0v) is 19.2. The van der Waals surface area contributed by atoms with E-state index in [1.54, 1.807) is 19.1 Å². The van der Waals surface area contributed by atoms with Crippen LogP contribution in [-0.2, 0) is 16.1 Å². The van der Waals surface area contributed by atoms with Gasteiger partial charge in [-0.3, -0.25) is 14.2 Å². The first-order valence-electron chi connectivity index (χ1n) is 9.81. The van der Waals surface area contributed by atoms with Gasteiger partial charge in [-0.1, -0.05) is 15.9 Å². The summed E-state index contributed by atoms with van der Waals surface area (Å²) >= 11 is 3.41. The fourth-order valence-electron chi connectivity index (χ4n) is 3.13. The van der Waals surface area contributed by atoms with Crippen molar-refractivity contribution in [1.82, 2.24) is 9.55 Å². The molecule has 0 aliphatic carbocycles. The van der Waals surface area contributed by atoms with E-state index in [2.05, 4.69) is 26.2 Å². The molecule has 9 heteroatoms. The van der Waals surface area contributed by atoms with E-state index >= 15 is 0 Å². The highest BCUT2D eigenvalue weighted by Gasteiger charge is 2.16. The largest absolute Gasteiger partial charge is 0.493 e. The topological polar surface area (TPSA) is 91.7 Å². The predicted molar refractivity (Wildman–Crippen MR) is 122 cm³/mol. The molecular formula is C22H24BrN3O5. The Morgan fingerprint density at radius 2 is 1.81 bits per heavy atom. The maximum absolute atomic E-state index is 13.3. The fraction of sp³-hybridized carbons (Fsp3) is 0.318. The number of ether oxygens (including phenoxy) is 3. The van der Waals surface area contributed by atoms with Crippen molar-refractivity contribution in [3.05, 3.63) is 51.2 Å². The molecule has 1 heterocycles. The monoisotopic (exact) mass is 489 g/mol. The molecule has 1 N–H and O–H groups in total. The minimum Gasteiger partial charge on any atom is -0.493 e. The van der Waals surface area contributed by atoms with Crippen LogP contribution >= 0.6 is 15.9 Å². The summed E-state index contributed by atoms with van der Waals surface area (Å²) in [6.45, 7) is 2.39. The predicted octanol–water partition coefficient (Wildman–Crippen LogP) is 4.26. The van der Waals surface area contributed by atoms with Gasteiger partial charge in [-0.15, -0.1) is 0 Å². The highest BCUT2D eigenvalue weighted by atomic mass is 79.9. The molecule has 164 valence electrons. The van der Waals surface area contributed by atoms with Gasteiger partial charge in [-0.2, -0.15) is 0 Å². The third kappa shape index (κ3) is 5.35. The van der Waals surface area contributed by atoms with Crippen LogP contribution in [0, 0.1) is 0 Å². The SMILES string of the molecule is CCOC(=O)CCCn1c(Nc2ccc(Br)cc2)nc2cc(OC)c(OC)cc2c1=O. The van der Waals surface area contributed by atoms with Gasteiger partial charge in [-0.25, -0.2) is 4.98 Å². The molecule has 8 nitrogen and oxygen atoms in total. The van der Waals surface area contributed by atoms with Crippen molar-refractivity contribution in [3.63, 3.8) is 0 Å². The molecule has 0 unspecified atom stereocenters. The highest BCUT2D eigenvalue weighted by Crippen LogP contribution is 2.31. The Bertz CT molecular complexity index is 1130. The summed E-state index contributed by atoms with van der Waals surface area (Å²) in [6.07, 6.45) is 0.649. The van der Waals surface area contributed by atoms with E-state index in [1.807, 2.05) is 24.3 Å². The summed E-state index contributed by atoms with van der Waals surface area (Å²) in [7, 11) is 3.04. The van der Waals surface area contributed by atoms with Crippen LogP contribution in [0.25, 0.3) is 10.9 Å². The first-order chi connectivity index (χ1) is 15.0. The molecule has 1 aromatic heterocycles. The van der Waals surface area contributed by atoms with Gasteiger partial charge in [0.2, 0.25) is 5.95 Å². The number of aromatic nitrogens is 2. The van der Waals surface area contributed by atoms with Crippen LogP contribution < -0.4 is 20.3 Å². The number of carbonyl (C=O) groups is 1. The van der Waals surface area contributed by atoms with E-state index in [0.29, 0.717) is 47.9 Å². The first kappa shape index (κ1) is 22.6. The Morgan fingerprint density at radius 1 is 1.13 bits per heavy atom. The summed E-state index contributed by atoms with van der Waals surface area (Å²) in [4.78, 5) is 29.7. The number of nitrogens with zero attached hydrogens (tertiary/aromatic N) is 2. The van der Waals surface area contributed by atoms with Crippen molar-refractivity contribution in [2.24, 2.45) is 0 Å². The van der Waals surface area contributed by atoms with E-state index < -0.39 is 0 Å².